The van der Waals surface area contributed by atoms with Gasteiger partial charge in [-0.3, -0.25) is 4.90 Å². The largest absolute Gasteiger partial charge is 0.455 e. The SMILES string of the molecule is CC(C)(C)OC(=O)c1cc(CN2CCCCC2)ccn1. The Kier molecular flexibility index (Phi) is 4.76. The summed E-state index contributed by atoms with van der Waals surface area (Å²) in [7, 11) is 0. The predicted molar refractivity (Wildman–Crippen MR) is 78.5 cm³/mol. The minimum absolute atomic E-state index is 0.349. The minimum Gasteiger partial charge on any atom is -0.455 e. The zero-order valence-corrected chi connectivity index (χ0v) is 12.7. The van der Waals surface area contributed by atoms with Crippen molar-refractivity contribution in [3.05, 3.63) is 29.6 Å². The number of esters is 1. The first-order valence-corrected chi connectivity index (χ1v) is 7.35. The van der Waals surface area contributed by atoms with Crippen LogP contribution in [0, 0.1) is 0 Å². The number of nitrogens with zero attached hydrogens (tertiary/aromatic N) is 2. The van der Waals surface area contributed by atoms with Crippen LogP contribution >= 0.6 is 0 Å². The van der Waals surface area contributed by atoms with Gasteiger partial charge in [0.25, 0.3) is 0 Å². The normalized spacial score (nSPS) is 16.9. The summed E-state index contributed by atoms with van der Waals surface area (Å²) in [5, 5.41) is 0. The number of piperidine rings is 1. The van der Waals surface area contributed by atoms with Crippen LogP contribution < -0.4 is 0 Å². The summed E-state index contributed by atoms with van der Waals surface area (Å²) in [6, 6.07) is 3.82. The zero-order chi connectivity index (χ0) is 14.6. The second-order valence-corrected chi connectivity index (χ2v) is 6.39. The first kappa shape index (κ1) is 15.0. The molecule has 0 aliphatic carbocycles. The highest BCUT2D eigenvalue weighted by molar-refractivity contribution is 5.87. The van der Waals surface area contributed by atoms with Gasteiger partial charge in [0.15, 0.2) is 0 Å². The van der Waals surface area contributed by atoms with Gasteiger partial charge in [0, 0.05) is 12.7 Å². The molecule has 0 N–H and O–H groups in total. The zero-order valence-electron chi connectivity index (χ0n) is 12.7. The molecule has 0 bridgehead atoms. The average Bonchev–Trinajstić information content (AvgIpc) is 2.38. The van der Waals surface area contributed by atoms with E-state index in [4.69, 9.17) is 4.74 Å². The topological polar surface area (TPSA) is 42.4 Å². The number of hydrogen-bond donors (Lipinski definition) is 0. The van der Waals surface area contributed by atoms with Gasteiger partial charge >= 0.3 is 5.97 Å². The van der Waals surface area contributed by atoms with Gasteiger partial charge in [0.1, 0.15) is 11.3 Å². The molecule has 4 heteroatoms. The molecule has 1 aliphatic rings. The number of carbonyl (C=O) groups is 1. The Balaban J connectivity index is 2.01. The van der Waals surface area contributed by atoms with E-state index in [0.717, 1.165) is 25.2 Å². The summed E-state index contributed by atoms with van der Waals surface area (Å²) in [4.78, 5) is 18.6. The van der Waals surface area contributed by atoms with Crippen molar-refractivity contribution >= 4 is 5.97 Å². The van der Waals surface area contributed by atoms with Gasteiger partial charge in [0.2, 0.25) is 0 Å². The molecule has 0 atom stereocenters. The second-order valence-electron chi connectivity index (χ2n) is 6.39. The number of hydrogen-bond acceptors (Lipinski definition) is 4. The van der Waals surface area contributed by atoms with E-state index in [1.54, 1.807) is 6.20 Å². The van der Waals surface area contributed by atoms with E-state index < -0.39 is 5.60 Å². The highest BCUT2D eigenvalue weighted by atomic mass is 16.6. The Labute approximate surface area is 121 Å². The lowest BCUT2D eigenvalue weighted by molar-refractivity contribution is 0.00626. The molecular formula is C16H24N2O2. The third-order valence-electron chi connectivity index (χ3n) is 3.29. The third kappa shape index (κ3) is 4.60. The highest BCUT2D eigenvalue weighted by Crippen LogP contribution is 2.15. The maximum atomic E-state index is 12.0. The molecule has 0 spiro atoms. The van der Waals surface area contributed by atoms with Crippen LogP contribution in [0.5, 0.6) is 0 Å². The van der Waals surface area contributed by atoms with Crippen molar-refractivity contribution < 1.29 is 9.53 Å². The molecule has 110 valence electrons. The summed E-state index contributed by atoms with van der Waals surface area (Å²) in [5.41, 5.74) is 1.04. The first-order chi connectivity index (χ1) is 9.44. The van der Waals surface area contributed by atoms with Gasteiger partial charge in [0.05, 0.1) is 0 Å². The van der Waals surface area contributed by atoms with Crippen LogP contribution in [0.15, 0.2) is 18.3 Å². The Morgan fingerprint density at radius 1 is 1.30 bits per heavy atom. The van der Waals surface area contributed by atoms with E-state index in [-0.39, 0.29) is 5.97 Å². The van der Waals surface area contributed by atoms with Crippen LogP contribution in [-0.2, 0) is 11.3 Å². The predicted octanol–water partition coefficient (Wildman–Crippen LogP) is 3.02. The lowest BCUT2D eigenvalue weighted by atomic mass is 10.1. The summed E-state index contributed by atoms with van der Waals surface area (Å²) in [5.74, 6) is -0.349. The lowest BCUT2D eigenvalue weighted by Crippen LogP contribution is -2.29. The Bertz CT molecular complexity index is 460. The van der Waals surface area contributed by atoms with Crippen LogP contribution in [0.4, 0.5) is 0 Å². The standard InChI is InChI=1S/C16H24N2O2/c1-16(2,3)20-15(19)14-11-13(7-8-17-14)12-18-9-5-4-6-10-18/h7-8,11H,4-6,9-10,12H2,1-3H3. The Morgan fingerprint density at radius 3 is 2.65 bits per heavy atom. The molecule has 0 aromatic carbocycles. The summed E-state index contributed by atoms with van der Waals surface area (Å²) in [6.45, 7) is 8.76. The lowest BCUT2D eigenvalue weighted by Gasteiger charge is -2.26. The van der Waals surface area contributed by atoms with Crippen molar-refractivity contribution in [3.63, 3.8) is 0 Å². The molecule has 0 amide bonds. The van der Waals surface area contributed by atoms with Gasteiger partial charge < -0.3 is 4.74 Å². The monoisotopic (exact) mass is 276 g/mol. The fraction of sp³-hybridized carbons (Fsp3) is 0.625. The number of carbonyl (C=O) groups excluding carboxylic acids is 1. The molecule has 1 saturated heterocycles. The van der Waals surface area contributed by atoms with Gasteiger partial charge in [-0.2, -0.15) is 0 Å². The summed E-state index contributed by atoms with van der Waals surface area (Å²) < 4.78 is 5.35. The fourth-order valence-electron chi connectivity index (χ4n) is 2.39. The number of pyridine rings is 1. The second kappa shape index (κ2) is 6.35. The smallest absolute Gasteiger partial charge is 0.357 e. The number of rotatable bonds is 3. The molecule has 0 radical (unpaired) electrons. The van der Waals surface area contributed by atoms with Crippen LogP contribution in [0.2, 0.25) is 0 Å². The van der Waals surface area contributed by atoms with E-state index in [0.29, 0.717) is 5.69 Å². The van der Waals surface area contributed by atoms with Crippen LogP contribution in [-0.4, -0.2) is 34.5 Å². The van der Waals surface area contributed by atoms with Gasteiger partial charge in [-0.05, 0) is 64.4 Å². The fourth-order valence-corrected chi connectivity index (χ4v) is 2.39. The van der Waals surface area contributed by atoms with Crippen LogP contribution in [0.25, 0.3) is 0 Å². The molecular weight excluding hydrogens is 252 g/mol. The van der Waals surface area contributed by atoms with E-state index in [2.05, 4.69) is 9.88 Å². The summed E-state index contributed by atoms with van der Waals surface area (Å²) >= 11 is 0. The molecule has 1 aliphatic heterocycles. The van der Waals surface area contributed by atoms with E-state index in [1.165, 1.54) is 19.3 Å². The quantitative estimate of drug-likeness (QED) is 0.796. The Hall–Kier alpha value is -1.42. The van der Waals surface area contributed by atoms with Gasteiger partial charge in [-0.25, -0.2) is 9.78 Å². The molecule has 2 rings (SSSR count). The maximum Gasteiger partial charge on any atom is 0.357 e. The molecule has 20 heavy (non-hydrogen) atoms. The molecule has 4 nitrogen and oxygen atoms in total. The van der Waals surface area contributed by atoms with Crippen molar-refractivity contribution in [1.29, 1.82) is 0 Å². The molecule has 2 heterocycles. The first-order valence-electron chi connectivity index (χ1n) is 7.35. The molecule has 1 fully saturated rings. The van der Waals surface area contributed by atoms with Crippen molar-refractivity contribution in [2.75, 3.05) is 13.1 Å². The summed E-state index contributed by atoms with van der Waals surface area (Å²) in [6.07, 6.45) is 5.56. The average molecular weight is 276 g/mol. The molecule has 0 unspecified atom stereocenters. The molecule has 1 aromatic rings. The van der Waals surface area contributed by atoms with Crippen LogP contribution in [0.3, 0.4) is 0 Å². The van der Waals surface area contributed by atoms with E-state index in [9.17, 15) is 4.79 Å². The van der Waals surface area contributed by atoms with E-state index in [1.807, 2.05) is 32.9 Å². The number of likely N-dealkylation sites (tertiary alicyclic amines) is 1. The minimum atomic E-state index is -0.484. The molecule has 1 aromatic heterocycles. The van der Waals surface area contributed by atoms with E-state index >= 15 is 0 Å². The Morgan fingerprint density at radius 2 is 2.00 bits per heavy atom. The van der Waals surface area contributed by atoms with Crippen molar-refractivity contribution in [3.8, 4) is 0 Å². The van der Waals surface area contributed by atoms with Gasteiger partial charge in [-0.1, -0.05) is 6.42 Å². The molecule has 0 saturated carbocycles. The van der Waals surface area contributed by atoms with Crippen LogP contribution in [0.1, 0.15) is 56.1 Å². The third-order valence-corrected chi connectivity index (χ3v) is 3.29. The van der Waals surface area contributed by atoms with Crippen molar-refractivity contribution in [2.45, 2.75) is 52.2 Å². The number of ether oxygens (including phenoxy) is 1. The number of aromatic nitrogens is 1. The van der Waals surface area contributed by atoms with Crippen molar-refractivity contribution in [2.24, 2.45) is 0 Å². The maximum absolute atomic E-state index is 12.0. The van der Waals surface area contributed by atoms with Crippen molar-refractivity contribution in [1.82, 2.24) is 9.88 Å². The van der Waals surface area contributed by atoms with Gasteiger partial charge in [-0.15, -0.1) is 0 Å². The highest BCUT2D eigenvalue weighted by Gasteiger charge is 2.19.